The highest BCUT2D eigenvalue weighted by Gasteiger charge is 2.34. The monoisotopic (exact) mass is 258 g/mol. The number of hydrogen-bond donors (Lipinski definition) is 1. The second-order valence-electron chi connectivity index (χ2n) is 6.48. The lowest BCUT2D eigenvalue weighted by Crippen LogP contribution is -2.44. The molecule has 2 heteroatoms. The van der Waals surface area contributed by atoms with E-state index in [0.717, 1.165) is 18.5 Å². The molecule has 1 aromatic carbocycles. The van der Waals surface area contributed by atoms with Gasteiger partial charge in [-0.2, -0.15) is 0 Å². The molecule has 2 saturated heterocycles. The molecular formula is C17H26N2. The summed E-state index contributed by atoms with van der Waals surface area (Å²) in [6.07, 6.45) is 2.78. The SMILES string of the molecule is Cc1cc(C)c(CN2CCCC3CNCC32)c(C)c1. The fraction of sp³-hybridized carbons (Fsp3) is 0.647. The average Bonchev–Trinajstić information content (AvgIpc) is 2.82. The third-order valence-electron chi connectivity index (χ3n) is 4.99. The van der Waals surface area contributed by atoms with Crippen molar-refractivity contribution in [2.45, 2.75) is 46.2 Å². The van der Waals surface area contributed by atoms with Crippen molar-refractivity contribution in [3.05, 3.63) is 34.4 Å². The molecule has 0 saturated carbocycles. The van der Waals surface area contributed by atoms with Gasteiger partial charge in [-0.1, -0.05) is 17.7 Å². The van der Waals surface area contributed by atoms with Crippen molar-refractivity contribution >= 4 is 0 Å². The number of aryl methyl sites for hydroxylation is 3. The molecule has 1 N–H and O–H groups in total. The number of rotatable bonds is 2. The predicted molar refractivity (Wildman–Crippen MR) is 80.4 cm³/mol. The van der Waals surface area contributed by atoms with E-state index in [2.05, 4.69) is 43.1 Å². The first-order chi connectivity index (χ1) is 9.15. The Bertz CT molecular complexity index is 443. The van der Waals surface area contributed by atoms with Gasteiger partial charge >= 0.3 is 0 Å². The lowest BCUT2D eigenvalue weighted by Gasteiger charge is -2.37. The minimum atomic E-state index is 0.772. The second-order valence-corrected chi connectivity index (χ2v) is 6.48. The molecule has 0 bridgehead atoms. The Morgan fingerprint density at radius 2 is 1.89 bits per heavy atom. The van der Waals surface area contributed by atoms with E-state index in [1.165, 1.54) is 49.2 Å². The minimum absolute atomic E-state index is 0.772. The third-order valence-corrected chi connectivity index (χ3v) is 4.99. The van der Waals surface area contributed by atoms with Crippen molar-refractivity contribution in [3.63, 3.8) is 0 Å². The Labute approximate surface area is 117 Å². The molecule has 3 rings (SSSR count). The van der Waals surface area contributed by atoms with Crippen LogP contribution in [0.1, 0.15) is 35.1 Å². The zero-order chi connectivity index (χ0) is 13.4. The van der Waals surface area contributed by atoms with E-state index in [4.69, 9.17) is 0 Å². The number of piperidine rings is 1. The van der Waals surface area contributed by atoms with Gasteiger partial charge in [0.2, 0.25) is 0 Å². The summed E-state index contributed by atoms with van der Waals surface area (Å²) >= 11 is 0. The number of fused-ring (bicyclic) bond motifs is 1. The zero-order valence-corrected chi connectivity index (χ0v) is 12.5. The predicted octanol–water partition coefficient (Wildman–Crippen LogP) is 2.80. The molecular weight excluding hydrogens is 232 g/mol. The topological polar surface area (TPSA) is 15.3 Å². The van der Waals surface area contributed by atoms with Crippen LogP contribution in [0.25, 0.3) is 0 Å². The van der Waals surface area contributed by atoms with E-state index in [9.17, 15) is 0 Å². The highest BCUT2D eigenvalue weighted by molar-refractivity contribution is 5.37. The summed E-state index contributed by atoms with van der Waals surface area (Å²) in [6, 6.07) is 5.43. The Morgan fingerprint density at radius 1 is 1.16 bits per heavy atom. The van der Waals surface area contributed by atoms with Crippen molar-refractivity contribution in [3.8, 4) is 0 Å². The number of nitrogens with zero attached hydrogens (tertiary/aromatic N) is 1. The average molecular weight is 258 g/mol. The van der Waals surface area contributed by atoms with Gasteiger partial charge < -0.3 is 5.32 Å². The quantitative estimate of drug-likeness (QED) is 0.877. The molecule has 0 aliphatic carbocycles. The molecule has 1 aromatic rings. The fourth-order valence-electron chi connectivity index (χ4n) is 4.02. The molecule has 2 nitrogen and oxygen atoms in total. The van der Waals surface area contributed by atoms with Crippen LogP contribution in [0.2, 0.25) is 0 Å². The molecule has 104 valence electrons. The van der Waals surface area contributed by atoms with Gasteiger partial charge in [0.25, 0.3) is 0 Å². The minimum Gasteiger partial charge on any atom is -0.315 e. The maximum Gasteiger partial charge on any atom is 0.0264 e. The molecule has 2 fully saturated rings. The molecule has 2 aliphatic rings. The zero-order valence-electron chi connectivity index (χ0n) is 12.5. The lowest BCUT2D eigenvalue weighted by atomic mass is 9.90. The Morgan fingerprint density at radius 3 is 2.63 bits per heavy atom. The largest absolute Gasteiger partial charge is 0.315 e. The van der Waals surface area contributed by atoms with Gasteiger partial charge in [-0.05, 0) is 69.3 Å². The smallest absolute Gasteiger partial charge is 0.0264 e. The second kappa shape index (κ2) is 5.26. The van der Waals surface area contributed by atoms with Gasteiger partial charge in [-0.25, -0.2) is 0 Å². The Hall–Kier alpha value is -0.860. The van der Waals surface area contributed by atoms with Crippen LogP contribution in [0.15, 0.2) is 12.1 Å². The molecule has 2 aliphatic heterocycles. The van der Waals surface area contributed by atoms with Gasteiger partial charge in [-0.3, -0.25) is 4.90 Å². The van der Waals surface area contributed by atoms with E-state index >= 15 is 0 Å². The van der Waals surface area contributed by atoms with E-state index < -0.39 is 0 Å². The van der Waals surface area contributed by atoms with Crippen LogP contribution < -0.4 is 5.32 Å². The highest BCUT2D eigenvalue weighted by atomic mass is 15.2. The van der Waals surface area contributed by atoms with Crippen molar-refractivity contribution in [1.82, 2.24) is 10.2 Å². The Kier molecular flexibility index (Phi) is 3.64. The first-order valence-electron chi connectivity index (χ1n) is 7.66. The number of nitrogens with one attached hydrogen (secondary N) is 1. The van der Waals surface area contributed by atoms with Crippen LogP contribution in [0, 0.1) is 26.7 Å². The van der Waals surface area contributed by atoms with E-state index in [1.807, 2.05) is 0 Å². The molecule has 19 heavy (non-hydrogen) atoms. The van der Waals surface area contributed by atoms with E-state index in [-0.39, 0.29) is 0 Å². The Balaban J connectivity index is 1.81. The molecule has 0 spiro atoms. The molecule has 2 atom stereocenters. The summed E-state index contributed by atoms with van der Waals surface area (Å²) in [6.45, 7) is 11.6. The van der Waals surface area contributed by atoms with Crippen LogP contribution in [0.5, 0.6) is 0 Å². The van der Waals surface area contributed by atoms with Crippen LogP contribution in [0.4, 0.5) is 0 Å². The van der Waals surface area contributed by atoms with Crippen LogP contribution in [-0.4, -0.2) is 30.6 Å². The van der Waals surface area contributed by atoms with Gasteiger partial charge in [0.15, 0.2) is 0 Å². The van der Waals surface area contributed by atoms with Crippen LogP contribution in [0.3, 0.4) is 0 Å². The molecule has 0 radical (unpaired) electrons. The van der Waals surface area contributed by atoms with Crippen molar-refractivity contribution in [2.75, 3.05) is 19.6 Å². The van der Waals surface area contributed by atoms with Gasteiger partial charge in [0.1, 0.15) is 0 Å². The number of likely N-dealkylation sites (tertiary alicyclic amines) is 1. The maximum atomic E-state index is 3.58. The van der Waals surface area contributed by atoms with Crippen molar-refractivity contribution in [2.24, 2.45) is 5.92 Å². The van der Waals surface area contributed by atoms with Crippen molar-refractivity contribution < 1.29 is 0 Å². The summed E-state index contributed by atoms with van der Waals surface area (Å²) < 4.78 is 0. The standard InChI is InChI=1S/C17H26N2/c1-12-7-13(2)16(14(3)8-12)11-19-6-4-5-15-9-18-10-17(15)19/h7-8,15,17-18H,4-6,9-11H2,1-3H3. The molecule has 0 amide bonds. The molecule has 2 heterocycles. The van der Waals surface area contributed by atoms with Crippen LogP contribution in [-0.2, 0) is 6.54 Å². The lowest BCUT2D eigenvalue weighted by molar-refractivity contribution is 0.117. The van der Waals surface area contributed by atoms with Gasteiger partial charge in [-0.15, -0.1) is 0 Å². The fourth-order valence-corrected chi connectivity index (χ4v) is 4.02. The maximum absolute atomic E-state index is 3.58. The molecule has 0 aromatic heterocycles. The summed E-state index contributed by atoms with van der Waals surface area (Å²) in [4.78, 5) is 2.72. The number of hydrogen-bond acceptors (Lipinski definition) is 2. The summed E-state index contributed by atoms with van der Waals surface area (Å²) in [5.74, 6) is 0.889. The van der Waals surface area contributed by atoms with Crippen molar-refractivity contribution in [1.29, 1.82) is 0 Å². The van der Waals surface area contributed by atoms with Gasteiger partial charge in [0, 0.05) is 19.1 Å². The van der Waals surface area contributed by atoms with Crippen LogP contribution >= 0.6 is 0 Å². The third kappa shape index (κ3) is 2.56. The number of benzene rings is 1. The van der Waals surface area contributed by atoms with E-state index in [0.29, 0.717) is 0 Å². The first-order valence-corrected chi connectivity index (χ1v) is 7.66. The summed E-state index contributed by atoms with van der Waals surface area (Å²) in [5.41, 5.74) is 5.87. The highest BCUT2D eigenvalue weighted by Crippen LogP contribution is 2.29. The van der Waals surface area contributed by atoms with Gasteiger partial charge in [0.05, 0.1) is 0 Å². The summed E-state index contributed by atoms with van der Waals surface area (Å²) in [5, 5.41) is 3.58. The normalized spacial score (nSPS) is 27.5. The molecule has 2 unspecified atom stereocenters. The summed E-state index contributed by atoms with van der Waals surface area (Å²) in [7, 11) is 0. The first kappa shape index (κ1) is 13.1. The van der Waals surface area contributed by atoms with E-state index in [1.54, 1.807) is 5.56 Å².